The maximum absolute atomic E-state index is 9.39. The van der Waals surface area contributed by atoms with E-state index in [1.807, 2.05) is 23.7 Å². The number of hydrogen-bond acceptors (Lipinski definition) is 1. The summed E-state index contributed by atoms with van der Waals surface area (Å²) < 4.78 is 2.01. The number of alkyl halides is 1. The molecule has 0 aliphatic heterocycles. The summed E-state index contributed by atoms with van der Waals surface area (Å²) in [6, 6.07) is 10.6. The predicted octanol–water partition coefficient (Wildman–Crippen LogP) is 4.33. The average molecular weight is 305 g/mol. The Bertz CT molecular complexity index is 592. The third kappa shape index (κ3) is 2.18. The fourth-order valence-corrected chi connectivity index (χ4v) is 2.91. The summed E-state index contributed by atoms with van der Waals surface area (Å²) >= 11 is 3.47. The Labute approximate surface area is 116 Å². The fourth-order valence-electron chi connectivity index (χ4n) is 2.58. The quantitative estimate of drug-likeness (QED) is 0.773. The van der Waals surface area contributed by atoms with Gasteiger partial charge in [0.15, 0.2) is 0 Å². The van der Waals surface area contributed by atoms with Gasteiger partial charge in [-0.15, -0.1) is 0 Å². The Kier molecular flexibility index (Phi) is 4.08. The highest BCUT2D eigenvalue weighted by atomic mass is 79.9. The molecule has 0 radical (unpaired) electrons. The minimum atomic E-state index is 0.420. The SMILES string of the molecule is CC(CCCBr)c1c(C#N)n(C)c2ccccc12. The number of aromatic nitrogens is 1. The highest BCUT2D eigenvalue weighted by Gasteiger charge is 2.19. The normalized spacial score (nSPS) is 12.6. The maximum atomic E-state index is 9.39. The monoisotopic (exact) mass is 304 g/mol. The summed E-state index contributed by atoms with van der Waals surface area (Å²) in [5.74, 6) is 0.420. The van der Waals surface area contributed by atoms with E-state index in [-0.39, 0.29) is 0 Å². The summed E-state index contributed by atoms with van der Waals surface area (Å²) in [4.78, 5) is 0. The summed E-state index contributed by atoms with van der Waals surface area (Å²) in [5, 5.41) is 11.6. The second kappa shape index (κ2) is 5.58. The van der Waals surface area contributed by atoms with E-state index in [1.165, 1.54) is 10.9 Å². The van der Waals surface area contributed by atoms with E-state index in [2.05, 4.69) is 41.1 Å². The molecule has 0 saturated carbocycles. The lowest BCUT2D eigenvalue weighted by Gasteiger charge is -2.10. The predicted molar refractivity (Wildman–Crippen MR) is 79.1 cm³/mol. The summed E-state index contributed by atoms with van der Waals surface area (Å²) in [7, 11) is 1.97. The van der Waals surface area contributed by atoms with Gasteiger partial charge < -0.3 is 4.57 Å². The van der Waals surface area contributed by atoms with Gasteiger partial charge in [0.2, 0.25) is 0 Å². The van der Waals surface area contributed by atoms with Crippen molar-refractivity contribution in [1.29, 1.82) is 5.26 Å². The van der Waals surface area contributed by atoms with Crippen molar-refractivity contribution in [2.45, 2.75) is 25.7 Å². The van der Waals surface area contributed by atoms with E-state index >= 15 is 0 Å². The van der Waals surface area contributed by atoms with Crippen LogP contribution in [0.25, 0.3) is 10.9 Å². The first kappa shape index (κ1) is 13.2. The molecule has 0 fully saturated rings. The molecule has 2 nitrogen and oxygen atoms in total. The van der Waals surface area contributed by atoms with E-state index in [0.717, 1.165) is 29.4 Å². The van der Waals surface area contributed by atoms with Gasteiger partial charge in [-0.1, -0.05) is 41.1 Å². The number of para-hydroxylation sites is 1. The molecule has 1 heterocycles. The van der Waals surface area contributed by atoms with Crippen LogP contribution in [0.2, 0.25) is 0 Å². The van der Waals surface area contributed by atoms with Crippen LogP contribution in [0.4, 0.5) is 0 Å². The Morgan fingerprint density at radius 3 is 2.78 bits per heavy atom. The van der Waals surface area contributed by atoms with Crippen molar-refractivity contribution in [2.75, 3.05) is 5.33 Å². The van der Waals surface area contributed by atoms with Gasteiger partial charge in [-0.2, -0.15) is 5.26 Å². The first-order chi connectivity index (χ1) is 8.70. The Morgan fingerprint density at radius 2 is 2.11 bits per heavy atom. The summed E-state index contributed by atoms with van der Waals surface area (Å²) in [5.41, 5.74) is 3.16. The van der Waals surface area contributed by atoms with E-state index in [9.17, 15) is 5.26 Å². The average Bonchev–Trinajstić information content (AvgIpc) is 2.69. The van der Waals surface area contributed by atoms with E-state index in [1.54, 1.807) is 0 Å². The van der Waals surface area contributed by atoms with Crippen molar-refractivity contribution in [3.8, 4) is 6.07 Å². The molecule has 0 bridgehead atoms. The van der Waals surface area contributed by atoms with Crippen molar-refractivity contribution in [1.82, 2.24) is 4.57 Å². The first-order valence-corrected chi connectivity index (χ1v) is 7.36. The zero-order chi connectivity index (χ0) is 13.1. The van der Waals surface area contributed by atoms with Crippen molar-refractivity contribution in [3.05, 3.63) is 35.5 Å². The van der Waals surface area contributed by atoms with E-state index < -0.39 is 0 Å². The van der Waals surface area contributed by atoms with Gasteiger partial charge in [0.05, 0.1) is 0 Å². The fraction of sp³-hybridized carbons (Fsp3) is 0.400. The lowest BCUT2D eigenvalue weighted by molar-refractivity contribution is 0.670. The molecule has 0 spiro atoms. The zero-order valence-electron chi connectivity index (χ0n) is 10.8. The van der Waals surface area contributed by atoms with Crippen LogP contribution in [0, 0.1) is 11.3 Å². The molecular formula is C15H17BrN2. The third-order valence-corrected chi connectivity index (χ3v) is 4.08. The zero-order valence-corrected chi connectivity index (χ0v) is 12.4. The second-order valence-corrected chi connectivity index (χ2v) is 5.48. The van der Waals surface area contributed by atoms with Gasteiger partial charge in [-0.3, -0.25) is 0 Å². The van der Waals surface area contributed by atoms with Crippen LogP contribution in [0.1, 0.15) is 36.9 Å². The van der Waals surface area contributed by atoms with Crippen molar-refractivity contribution < 1.29 is 0 Å². The highest BCUT2D eigenvalue weighted by Crippen LogP contribution is 2.33. The van der Waals surface area contributed by atoms with Gasteiger partial charge in [0.25, 0.3) is 0 Å². The topological polar surface area (TPSA) is 28.7 Å². The lowest BCUT2D eigenvalue weighted by atomic mass is 9.94. The molecule has 0 aliphatic rings. The molecule has 18 heavy (non-hydrogen) atoms. The molecule has 3 heteroatoms. The maximum Gasteiger partial charge on any atom is 0.124 e. The minimum absolute atomic E-state index is 0.420. The number of nitrogens with zero attached hydrogens (tertiary/aromatic N) is 2. The van der Waals surface area contributed by atoms with Crippen LogP contribution in [0.3, 0.4) is 0 Å². The summed E-state index contributed by atoms with van der Waals surface area (Å²) in [6.45, 7) is 2.21. The van der Waals surface area contributed by atoms with Crippen LogP contribution >= 0.6 is 15.9 Å². The van der Waals surface area contributed by atoms with Gasteiger partial charge in [-0.05, 0) is 30.4 Å². The molecule has 94 valence electrons. The van der Waals surface area contributed by atoms with Crippen LogP contribution < -0.4 is 0 Å². The molecular weight excluding hydrogens is 288 g/mol. The summed E-state index contributed by atoms with van der Waals surface area (Å²) in [6.07, 6.45) is 2.24. The first-order valence-electron chi connectivity index (χ1n) is 6.24. The molecule has 1 aromatic heterocycles. The van der Waals surface area contributed by atoms with Crippen molar-refractivity contribution >= 4 is 26.8 Å². The molecule has 2 rings (SSSR count). The number of halogens is 1. The van der Waals surface area contributed by atoms with Crippen LogP contribution in [-0.4, -0.2) is 9.90 Å². The number of aryl methyl sites for hydroxylation is 1. The van der Waals surface area contributed by atoms with E-state index in [0.29, 0.717) is 5.92 Å². The Morgan fingerprint density at radius 1 is 1.39 bits per heavy atom. The molecule has 0 saturated heterocycles. The number of benzene rings is 1. The lowest BCUT2D eigenvalue weighted by Crippen LogP contribution is -1.99. The smallest absolute Gasteiger partial charge is 0.124 e. The van der Waals surface area contributed by atoms with Gasteiger partial charge in [-0.25, -0.2) is 0 Å². The number of nitriles is 1. The number of hydrogen-bond donors (Lipinski definition) is 0. The Hall–Kier alpha value is -1.27. The van der Waals surface area contributed by atoms with Gasteiger partial charge in [0, 0.05) is 23.3 Å². The van der Waals surface area contributed by atoms with Gasteiger partial charge >= 0.3 is 0 Å². The standard InChI is InChI=1S/C15H17BrN2/c1-11(6-5-9-16)15-12-7-3-4-8-13(12)18(2)14(15)10-17/h3-4,7-8,11H,5-6,9H2,1-2H3. The number of rotatable bonds is 4. The van der Waals surface area contributed by atoms with Crippen LogP contribution in [-0.2, 0) is 7.05 Å². The number of fused-ring (bicyclic) bond motifs is 1. The Balaban J connectivity index is 2.58. The molecule has 1 atom stereocenters. The molecule has 0 N–H and O–H groups in total. The van der Waals surface area contributed by atoms with Crippen molar-refractivity contribution in [3.63, 3.8) is 0 Å². The molecule has 0 aliphatic carbocycles. The van der Waals surface area contributed by atoms with Gasteiger partial charge in [0.1, 0.15) is 11.8 Å². The van der Waals surface area contributed by atoms with Crippen LogP contribution in [0.15, 0.2) is 24.3 Å². The second-order valence-electron chi connectivity index (χ2n) is 4.68. The molecule has 0 amide bonds. The molecule has 1 unspecified atom stereocenters. The molecule has 2 aromatic rings. The van der Waals surface area contributed by atoms with E-state index in [4.69, 9.17) is 0 Å². The largest absolute Gasteiger partial charge is 0.335 e. The minimum Gasteiger partial charge on any atom is -0.335 e. The molecule has 1 aromatic carbocycles. The highest BCUT2D eigenvalue weighted by molar-refractivity contribution is 9.09. The van der Waals surface area contributed by atoms with Crippen LogP contribution in [0.5, 0.6) is 0 Å². The van der Waals surface area contributed by atoms with Crippen molar-refractivity contribution in [2.24, 2.45) is 7.05 Å². The third-order valence-electron chi connectivity index (χ3n) is 3.52.